The Balaban J connectivity index is 1.72. The number of hydrogen-bond donors (Lipinski definition) is 0. The molecule has 1 fully saturated rings. The van der Waals surface area contributed by atoms with Gasteiger partial charge in [0.1, 0.15) is 6.17 Å². The number of hydrogen-bond acceptors (Lipinski definition) is 0. The average Bonchev–Trinajstić information content (AvgIpc) is 2.49. The minimum Gasteiger partial charge on any atom is -0.247 e. The van der Waals surface area contributed by atoms with E-state index in [1.165, 1.54) is 16.7 Å². The van der Waals surface area contributed by atoms with Gasteiger partial charge in [0, 0.05) is 5.92 Å². The van der Waals surface area contributed by atoms with Crippen LogP contribution in [0.25, 0.3) is 0 Å². The molecule has 1 heteroatoms. The van der Waals surface area contributed by atoms with Gasteiger partial charge >= 0.3 is 0 Å². The zero-order valence-electron chi connectivity index (χ0n) is 12.9. The van der Waals surface area contributed by atoms with E-state index in [-0.39, 0.29) is 5.92 Å². The van der Waals surface area contributed by atoms with Crippen LogP contribution in [0.2, 0.25) is 0 Å². The normalized spacial score (nSPS) is 25.8. The number of benzene rings is 2. The van der Waals surface area contributed by atoms with Crippen LogP contribution in [-0.4, -0.2) is 6.17 Å². The van der Waals surface area contributed by atoms with Crippen molar-refractivity contribution in [1.29, 1.82) is 0 Å². The van der Waals surface area contributed by atoms with Gasteiger partial charge in [-0.1, -0.05) is 59.7 Å². The fraction of sp³-hybridized carbons (Fsp3) is 0.400. The lowest BCUT2D eigenvalue weighted by atomic mass is 9.75. The minimum atomic E-state index is -0.729. The maximum absolute atomic E-state index is 14.6. The van der Waals surface area contributed by atoms with Crippen LogP contribution in [-0.2, 0) is 0 Å². The Morgan fingerprint density at radius 3 is 1.81 bits per heavy atom. The fourth-order valence-electron chi connectivity index (χ4n) is 3.45. The molecule has 3 rings (SSSR count). The second-order valence-corrected chi connectivity index (χ2v) is 6.45. The van der Waals surface area contributed by atoms with Gasteiger partial charge in [-0.15, -0.1) is 0 Å². The largest absolute Gasteiger partial charge is 0.247 e. The molecule has 0 saturated heterocycles. The second kappa shape index (κ2) is 6.01. The Labute approximate surface area is 127 Å². The van der Waals surface area contributed by atoms with Crippen molar-refractivity contribution in [2.24, 2.45) is 0 Å². The van der Waals surface area contributed by atoms with Crippen molar-refractivity contribution in [3.63, 3.8) is 0 Å². The van der Waals surface area contributed by atoms with Gasteiger partial charge in [0.05, 0.1) is 0 Å². The zero-order chi connectivity index (χ0) is 14.8. The Morgan fingerprint density at radius 2 is 1.29 bits per heavy atom. The Kier molecular flexibility index (Phi) is 4.10. The molecule has 110 valence electrons. The lowest BCUT2D eigenvalue weighted by Crippen LogP contribution is -2.23. The molecule has 1 aliphatic carbocycles. The summed E-state index contributed by atoms with van der Waals surface area (Å²) >= 11 is 0. The standard InChI is InChI=1S/C20H23F/c1-14-3-7-16(8-4-14)18-11-12-19(20(21)13-18)17-9-5-15(2)6-10-17/h3-10,18-20H,11-13H2,1-2H3. The molecule has 0 nitrogen and oxygen atoms in total. The van der Waals surface area contributed by atoms with Gasteiger partial charge in [-0.2, -0.15) is 0 Å². The van der Waals surface area contributed by atoms with Crippen molar-refractivity contribution < 1.29 is 4.39 Å². The van der Waals surface area contributed by atoms with Gasteiger partial charge in [0.25, 0.3) is 0 Å². The topological polar surface area (TPSA) is 0 Å². The summed E-state index contributed by atoms with van der Waals surface area (Å²) in [6.45, 7) is 4.17. The molecule has 0 heterocycles. The first-order chi connectivity index (χ1) is 10.1. The molecular weight excluding hydrogens is 259 g/mol. The molecule has 1 saturated carbocycles. The summed E-state index contributed by atoms with van der Waals surface area (Å²) in [5.74, 6) is 0.453. The van der Waals surface area contributed by atoms with Crippen molar-refractivity contribution >= 4 is 0 Å². The number of rotatable bonds is 2. The maximum atomic E-state index is 14.6. The first kappa shape index (κ1) is 14.3. The van der Waals surface area contributed by atoms with E-state index < -0.39 is 6.17 Å². The summed E-state index contributed by atoms with van der Waals surface area (Å²) in [4.78, 5) is 0. The molecular formula is C20H23F. The third-order valence-corrected chi connectivity index (χ3v) is 4.83. The fourth-order valence-corrected chi connectivity index (χ4v) is 3.45. The monoisotopic (exact) mass is 282 g/mol. The van der Waals surface area contributed by atoms with Crippen LogP contribution in [0.1, 0.15) is 53.4 Å². The van der Waals surface area contributed by atoms with Crippen LogP contribution in [0.4, 0.5) is 4.39 Å². The lowest BCUT2D eigenvalue weighted by molar-refractivity contribution is 0.198. The van der Waals surface area contributed by atoms with Crippen molar-refractivity contribution in [2.75, 3.05) is 0 Å². The van der Waals surface area contributed by atoms with Crippen LogP contribution in [0.5, 0.6) is 0 Å². The predicted molar refractivity (Wildman–Crippen MR) is 86.6 cm³/mol. The van der Waals surface area contributed by atoms with Gasteiger partial charge in [-0.3, -0.25) is 0 Å². The number of halogens is 1. The van der Waals surface area contributed by atoms with Crippen LogP contribution in [0.3, 0.4) is 0 Å². The van der Waals surface area contributed by atoms with E-state index in [2.05, 4.69) is 62.4 Å². The Hall–Kier alpha value is -1.63. The number of alkyl halides is 1. The van der Waals surface area contributed by atoms with E-state index in [1.54, 1.807) is 0 Å². The lowest BCUT2D eigenvalue weighted by Gasteiger charge is -2.32. The molecule has 3 unspecified atom stereocenters. The average molecular weight is 282 g/mol. The highest BCUT2D eigenvalue weighted by atomic mass is 19.1. The predicted octanol–water partition coefficient (Wildman–Crippen LogP) is 5.69. The summed E-state index contributed by atoms with van der Waals surface area (Å²) in [6, 6.07) is 17.0. The zero-order valence-corrected chi connectivity index (χ0v) is 12.9. The minimum absolute atomic E-state index is 0.0762. The second-order valence-electron chi connectivity index (χ2n) is 6.45. The summed E-state index contributed by atoms with van der Waals surface area (Å²) in [5, 5.41) is 0. The first-order valence-corrected chi connectivity index (χ1v) is 7.90. The van der Waals surface area contributed by atoms with Crippen molar-refractivity contribution in [2.45, 2.75) is 51.1 Å². The van der Waals surface area contributed by atoms with Gasteiger partial charge < -0.3 is 0 Å². The van der Waals surface area contributed by atoms with E-state index in [0.717, 1.165) is 18.4 Å². The molecule has 2 aromatic rings. The van der Waals surface area contributed by atoms with E-state index in [0.29, 0.717) is 12.3 Å². The van der Waals surface area contributed by atoms with Crippen LogP contribution in [0.15, 0.2) is 48.5 Å². The molecule has 0 radical (unpaired) electrons. The molecule has 2 aromatic carbocycles. The molecule has 1 aliphatic rings. The molecule has 0 spiro atoms. The molecule has 0 bridgehead atoms. The SMILES string of the molecule is Cc1ccc(C2CCC(c3ccc(C)cc3)C(F)C2)cc1. The van der Waals surface area contributed by atoms with Gasteiger partial charge in [-0.05, 0) is 50.2 Å². The van der Waals surface area contributed by atoms with Gasteiger partial charge in [0.15, 0.2) is 0 Å². The summed E-state index contributed by atoms with van der Waals surface area (Å²) in [6.07, 6.45) is 1.96. The molecule has 21 heavy (non-hydrogen) atoms. The van der Waals surface area contributed by atoms with Gasteiger partial charge in [-0.25, -0.2) is 4.39 Å². The van der Waals surface area contributed by atoms with Crippen molar-refractivity contribution in [3.05, 3.63) is 70.8 Å². The highest BCUT2D eigenvalue weighted by Crippen LogP contribution is 2.42. The van der Waals surface area contributed by atoms with E-state index >= 15 is 0 Å². The Bertz CT molecular complexity index is 582. The van der Waals surface area contributed by atoms with Crippen LogP contribution in [0, 0.1) is 13.8 Å². The maximum Gasteiger partial charge on any atom is 0.108 e. The van der Waals surface area contributed by atoms with Crippen molar-refractivity contribution in [3.8, 4) is 0 Å². The quantitative estimate of drug-likeness (QED) is 0.663. The molecule has 3 atom stereocenters. The third-order valence-electron chi connectivity index (χ3n) is 4.83. The van der Waals surface area contributed by atoms with Crippen LogP contribution < -0.4 is 0 Å². The summed E-state index contributed by atoms with van der Waals surface area (Å²) < 4.78 is 14.6. The van der Waals surface area contributed by atoms with E-state index in [9.17, 15) is 4.39 Å². The molecule has 0 aromatic heterocycles. The Morgan fingerprint density at radius 1 is 0.762 bits per heavy atom. The highest BCUT2D eigenvalue weighted by molar-refractivity contribution is 5.29. The van der Waals surface area contributed by atoms with Crippen molar-refractivity contribution in [1.82, 2.24) is 0 Å². The van der Waals surface area contributed by atoms with Crippen LogP contribution >= 0.6 is 0 Å². The molecule has 0 aliphatic heterocycles. The molecule has 0 N–H and O–H groups in total. The smallest absolute Gasteiger partial charge is 0.108 e. The van der Waals surface area contributed by atoms with E-state index in [1.807, 2.05) is 0 Å². The van der Waals surface area contributed by atoms with Gasteiger partial charge in [0.2, 0.25) is 0 Å². The first-order valence-electron chi connectivity index (χ1n) is 7.90. The number of aryl methyl sites for hydroxylation is 2. The molecule has 0 amide bonds. The van der Waals surface area contributed by atoms with E-state index in [4.69, 9.17) is 0 Å². The third kappa shape index (κ3) is 3.18. The summed E-state index contributed by atoms with van der Waals surface area (Å²) in [5.41, 5.74) is 4.97. The summed E-state index contributed by atoms with van der Waals surface area (Å²) in [7, 11) is 0. The highest BCUT2D eigenvalue weighted by Gasteiger charge is 2.32.